The van der Waals surface area contributed by atoms with Gasteiger partial charge in [0, 0.05) is 6.54 Å². The van der Waals surface area contributed by atoms with E-state index in [4.69, 9.17) is 4.74 Å². The summed E-state index contributed by atoms with van der Waals surface area (Å²) in [6.07, 6.45) is 3.16. The third-order valence-corrected chi connectivity index (χ3v) is 3.27. The highest BCUT2D eigenvalue weighted by Crippen LogP contribution is 2.19. The molecule has 1 aliphatic rings. The second-order valence-electron chi connectivity index (χ2n) is 3.92. The molecule has 1 heterocycles. The third kappa shape index (κ3) is 3.47. The average molecular weight is 292 g/mol. The van der Waals surface area contributed by atoms with Crippen LogP contribution in [0.2, 0.25) is 0 Å². The van der Waals surface area contributed by atoms with Gasteiger partial charge in [-0.05, 0) is 19.3 Å². The van der Waals surface area contributed by atoms with Gasteiger partial charge in [-0.1, -0.05) is 29.3 Å². The van der Waals surface area contributed by atoms with Crippen LogP contribution in [0, 0.1) is 0 Å². The number of nitrogens with zero attached hydrogens (tertiary/aromatic N) is 1. The van der Waals surface area contributed by atoms with Crippen molar-refractivity contribution < 1.29 is 14.3 Å². The van der Waals surface area contributed by atoms with Crippen molar-refractivity contribution in [3.05, 3.63) is 0 Å². The molecule has 0 aromatic carbocycles. The fourth-order valence-electron chi connectivity index (χ4n) is 1.80. The molecule has 1 saturated heterocycles. The number of rotatable bonds is 5. The topological polar surface area (TPSA) is 46.6 Å². The highest BCUT2D eigenvalue weighted by atomic mass is 79.9. The number of ketones is 1. The molecule has 0 aromatic heterocycles. The van der Waals surface area contributed by atoms with Gasteiger partial charge in [0.05, 0.1) is 18.0 Å². The maximum Gasteiger partial charge on any atom is 0.410 e. The summed E-state index contributed by atoms with van der Waals surface area (Å²) in [4.78, 5) is 24.8. The molecule has 1 atom stereocenters. The molecule has 0 radical (unpaired) electrons. The van der Waals surface area contributed by atoms with Gasteiger partial charge < -0.3 is 4.74 Å². The summed E-state index contributed by atoms with van der Waals surface area (Å²) in [5.74, 6) is 0.0601. The molecular weight excluding hydrogens is 274 g/mol. The van der Waals surface area contributed by atoms with Crippen molar-refractivity contribution in [2.24, 2.45) is 0 Å². The minimum atomic E-state index is -0.342. The van der Waals surface area contributed by atoms with E-state index < -0.39 is 0 Å². The van der Waals surface area contributed by atoms with Crippen molar-refractivity contribution in [2.75, 3.05) is 18.5 Å². The van der Waals surface area contributed by atoms with E-state index in [1.165, 1.54) is 0 Å². The van der Waals surface area contributed by atoms with E-state index in [0.29, 0.717) is 18.5 Å². The number of amides is 1. The monoisotopic (exact) mass is 291 g/mol. The van der Waals surface area contributed by atoms with E-state index in [1.54, 1.807) is 4.90 Å². The Kier molecular flexibility index (Phi) is 5.80. The Hall–Kier alpha value is -0.580. The Morgan fingerprint density at radius 2 is 2.25 bits per heavy atom. The predicted molar refractivity (Wildman–Crippen MR) is 64.8 cm³/mol. The number of Topliss-reactive ketones (excluding diaryl/α,β-unsaturated/α-hetero) is 1. The molecule has 0 aliphatic carbocycles. The van der Waals surface area contributed by atoms with Crippen LogP contribution in [-0.4, -0.2) is 41.3 Å². The van der Waals surface area contributed by atoms with E-state index in [-0.39, 0.29) is 17.9 Å². The summed E-state index contributed by atoms with van der Waals surface area (Å²) in [6.45, 7) is 3.12. The number of carbonyl (C=O) groups excluding carboxylic acids is 2. The number of likely N-dealkylation sites (tertiary alicyclic amines) is 1. The van der Waals surface area contributed by atoms with Crippen molar-refractivity contribution >= 4 is 27.8 Å². The van der Waals surface area contributed by atoms with Gasteiger partial charge in [0.1, 0.15) is 0 Å². The fourth-order valence-corrected chi connectivity index (χ4v) is 2.17. The Balaban J connectivity index is 2.44. The molecule has 4 nitrogen and oxygen atoms in total. The summed E-state index contributed by atoms with van der Waals surface area (Å²) in [7, 11) is 0. The van der Waals surface area contributed by atoms with Crippen molar-refractivity contribution in [3.63, 3.8) is 0 Å². The molecule has 1 fully saturated rings. The lowest BCUT2D eigenvalue weighted by molar-refractivity contribution is -0.120. The zero-order chi connectivity index (χ0) is 12.0. The number of ether oxygens (including phenoxy) is 1. The molecule has 0 spiro atoms. The Morgan fingerprint density at radius 1 is 1.50 bits per heavy atom. The molecular formula is C11H18BrNO3. The first-order chi connectivity index (χ1) is 7.70. The fraction of sp³-hybridized carbons (Fsp3) is 0.818. The van der Waals surface area contributed by atoms with Crippen LogP contribution >= 0.6 is 15.9 Å². The maximum absolute atomic E-state index is 11.7. The molecule has 5 heteroatoms. The van der Waals surface area contributed by atoms with Crippen LogP contribution in [0.4, 0.5) is 4.79 Å². The first-order valence-corrected chi connectivity index (χ1v) is 6.85. The van der Waals surface area contributed by atoms with Crippen LogP contribution in [0.1, 0.15) is 32.6 Å². The number of unbranched alkanes of at least 4 members (excludes halogenated alkanes) is 1. The van der Waals surface area contributed by atoms with E-state index in [2.05, 4.69) is 15.9 Å². The standard InChI is InChI=1S/C11H18BrNO3/c1-2-3-7-16-11(15)13-6-4-5-9(13)10(14)8-12/h9H,2-8H2,1H3. The lowest BCUT2D eigenvalue weighted by Crippen LogP contribution is -2.41. The normalized spacial score (nSPS) is 19.9. The molecule has 92 valence electrons. The summed E-state index contributed by atoms with van der Waals surface area (Å²) in [5.41, 5.74) is 0. The molecule has 1 aliphatic heterocycles. The molecule has 0 aromatic rings. The van der Waals surface area contributed by atoms with Gasteiger partial charge in [-0.2, -0.15) is 0 Å². The molecule has 1 unspecified atom stereocenters. The molecule has 0 bridgehead atoms. The summed E-state index contributed by atoms with van der Waals surface area (Å²) in [5, 5.41) is 0.302. The first kappa shape index (κ1) is 13.5. The Bertz CT molecular complexity index is 258. The Morgan fingerprint density at radius 3 is 2.88 bits per heavy atom. The van der Waals surface area contributed by atoms with Crippen molar-refractivity contribution in [1.29, 1.82) is 0 Å². The summed E-state index contributed by atoms with van der Waals surface area (Å²) >= 11 is 3.14. The summed E-state index contributed by atoms with van der Waals surface area (Å²) in [6, 6.07) is -0.284. The minimum absolute atomic E-state index is 0.0601. The second kappa shape index (κ2) is 6.89. The van der Waals surface area contributed by atoms with E-state index >= 15 is 0 Å². The van der Waals surface area contributed by atoms with Gasteiger partial charge >= 0.3 is 6.09 Å². The van der Waals surface area contributed by atoms with Gasteiger partial charge in [-0.25, -0.2) is 4.79 Å². The largest absolute Gasteiger partial charge is 0.449 e. The highest BCUT2D eigenvalue weighted by molar-refractivity contribution is 9.09. The van der Waals surface area contributed by atoms with E-state index in [9.17, 15) is 9.59 Å². The molecule has 0 N–H and O–H groups in total. The highest BCUT2D eigenvalue weighted by Gasteiger charge is 2.34. The van der Waals surface area contributed by atoms with Gasteiger partial charge in [0.2, 0.25) is 0 Å². The number of halogens is 1. The number of hydrogen-bond acceptors (Lipinski definition) is 3. The number of carbonyl (C=O) groups is 2. The molecule has 16 heavy (non-hydrogen) atoms. The minimum Gasteiger partial charge on any atom is -0.449 e. The van der Waals surface area contributed by atoms with Crippen LogP contribution in [0.15, 0.2) is 0 Å². The Labute approximate surface area is 104 Å². The van der Waals surface area contributed by atoms with Crippen molar-refractivity contribution in [3.8, 4) is 0 Å². The zero-order valence-corrected chi connectivity index (χ0v) is 11.2. The lowest BCUT2D eigenvalue weighted by atomic mass is 10.1. The third-order valence-electron chi connectivity index (χ3n) is 2.71. The van der Waals surface area contributed by atoms with Crippen LogP contribution < -0.4 is 0 Å². The number of alkyl halides is 1. The van der Waals surface area contributed by atoms with Gasteiger partial charge in [-0.3, -0.25) is 9.69 Å². The van der Waals surface area contributed by atoms with Crippen molar-refractivity contribution in [1.82, 2.24) is 4.90 Å². The van der Waals surface area contributed by atoms with Crippen LogP contribution in [0.5, 0.6) is 0 Å². The van der Waals surface area contributed by atoms with Crippen LogP contribution in [0.25, 0.3) is 0 Å². The molecule has 1 rings (SSSR count). The van der Waals surface area contributed by atoms with E-state index in [1.807, 2.05) is 6.92 Å². The lowest BCUT2D eigenvalue weighted by Gasteiger charge is -2.22. The number of hydrogen-bond donors (Lipinski definition) is 0. The second-order valence-corrected chi connectivity index (χ2v) is 4.48. The SMILES string of the molecule is CCCCOC(=O)N1CCCC1C(=O)CBr. The van der Waals surface area contributed by atoms with Gasteiger partial charge in [0.25, 0.3) is 0 Å². The predicted octanol–water partition coefficient (Wildman–Crippen LogP) is 2.35. The molecule has 1 amide bonds. The zero-order valence-electron chi connectivity index (χ0n) is 9.58. The van der Waals surface area contributed by atoms with Crippen LogP contribution in [-0.2, 0) is 9.53 Å². The van der Waals surface area contributed by atoms with Crippen LogP contribution in [0.3, 0.4) is 0 Å². The van der Waals surface area contributed by atoms with Gasteiger partial charge in [0.15, 0.2) is 5.78 Å². The van der Waals surface area contributed by atoms with E-state index in [0.717, 1.165) is 25.7 Å². The maximum atomic E-state index is 11.7. The smallest absolute Gasteiger partial charge is 0.410 e. The quantitative estimate of drug-likeness (QED) is 0.577. The molecule has 0 saturated carbocycles. The summed E-state index contributed by atoms with van der Waals surface area (Å²) < 4.78 is 5.11. The average Bonchev–Trinajstić information content (AvgIpc) is 2.77. The van der Waals surface area contributed by atoms with Crippen molar-refractivity contribution in [2.45, 2.75) is 38.6 Å². The van der Waals surface area contributed by atoms with Gasteiger partial charge in [-0.15, -0.1) is 0 Å². The first-order valence-electron chi connectivity index (χ1n) is 5.72.